The van der Waals surface area contributed by atoms with E-state index in [4.69, 9.17) is 11.6 Å². The number of hydrogen-bond donors (Lipinski definition) is 0. The minimum absolute atomic E-state index is 0. The molecular formula is C37H39Cl2FN6O2S. The predicted molar refractivity (Wildman–Crippen MR) is 196 cm³/mol. The van der Waals surface area contributed by atoms with E-state index in [1.807, 2.05) is 42.4 Å². The predicted octanol–water partition coefficient (Wildman–Crippen LogP) is 6.87. The average molecular weight is 722 g/mol. The minimum Gasteiger partial charge on any atom is -0.336 e. The van der Waals surface area contributed by atoms with E-state index in [-0.39, 0.29) is 36.2 Å². The van der Waals surface area contributed by atoms with Crippen molar-refractivity contribution in [2.45, 2.75) is 43.3 Å². The van der Waals surface area contributed by atoms with Crippen LogP contribution in [0.15, 0.2) is 101 Å². The van der Waals surface area contributed by atoms with Gasteiger partial charge in [-0.3, -0.25) is 14.3 Å². The average Bonchev–Trinajstić information content (AvgIpc) is 3.76. The first-order valence-electron chi connectivity index (χ1n) is 16.1. The van der Waals surface area contributed by atoms with Crippen LogP contribution in [0.2, 0.25) is 5.02 Å². The van der Waals surface area contributed by atoms with Crippen molar-refractivity contribution in [1.82, 2.24) is 29.1 Å². The number of carbonyl (C=O) groups excluding carboxylic acids is 1. The summed E-state index contributed by atoms with van der Waals surface area (Å²) >= 11 is 7.44. The number of carbonyl (C=O) groups is 1. The zero-order chi connectivity index (χ0) is 33.5. The molecule has 0 spiro atoms. The van der Waals surface area contributed by atoms with Gasteiger partial charge in [-0.1, -0.05) is 71.9 Å². The van der Waals surface area contributed by atoms with E-state index >= 15 is 0 Å². The Labute approximate surface area is 301 Å². The molecule has 0 unspecified atom stereocenters. The summed E-state index contributed by atoms with van der Waals surface area (Å²) in [7, 11) is 1.83. The molecule has 5 aromatic rings. The molecule has 0 aliphatic carbocycles. The molecule has 0 atom stereocenters. The molecule has 2 aromatic heterocycles. The summed E-state index contributed by atoms with van der Waals surface area (Å²) < 4.78 is 17.0. The van der Waals surface area contributed by atoms with Gasteiger partial charge >= 0.3 is 0 Å². The van der Waals surface area contributed by atoms with Crippen LogP contribution in [0.25, 0.3) is 11.1 Å². The molecule has 8 nitrogen and oxygen atoms in total. The summed E-state index contributed by atoms with van der Waals surface area (Å²) in [6.07, 6.45) is 8.06. The Kier molecular flexibility index (Phi) is 12.7. The van der Waals surface area contributed by atoms with Crippen molar-refractivity contribution >= 4 is 41.7 Å². The fourth-order valence-corrected chi connectivity index (χ4v) is 6.90. The molecule has 0 radical (unpaired) electrons. The van der Waals surface area contributed by atoms with Crippen LogP contribution in [0.4, 0.5) is 4.39 Å². The number of benzene rings is 3. The van der Waals surface area contributed by atoms with Crippen molar-refractivity contribution in [3.63, 3.8) is 0 Å². The van der Waals surface area contributed by atoms with Crippen LogP contribution in [-0.4, -0.2) is 61.2 Å². The molecule has 12 heteroatoms. The van der Waals surface area contributed by atoms with Crippen LogP contribution >= 0.6 is 35.8 Å². The highest BCUT2D eigenvalue weighted by molar-refractivity contribution is 7.98. The number of aromatic nitrogens is 4. The second-order valence-electron chi connectivity index (χ2n) is 12.2. The zero-order valence-electron chi connectivity index (χ0n) is 27.3. The Morgan fingerprint density at radius 2 is 1.57 bits per heavy atom. The second-order valence-corrected chi connectivity index (χ2v) is 13.5. The Bertz CT molecular complexity index is 1890. The Morgan fingerprint density at radius 1 is 0.918 bits per heavy atom. The Morgan fingerprint density at radius 3 is 2.22 bits per heavy atom. The summed E-state index contributed by atoms with van der Waals surface area (Å²) in [6.45, 7) is 3.97. The number of aryl methyl sites for hydroxylation is 1. The lowest BCUT2D eigenvalue weighted by atomic mass is 10.0. The molecule has 49 heavy (non-hydrogen) atoms. The number of likely N-dealkylation sites (tertiary alicyclic amines) is 1. The van der Waals surface area contributed by atoms with Crippen LogP contribution in [0.3, 0.4) is 0 Å². The minimum atomic E-state index is -0.337. The molecule has 3 aromatic carbocycles. The molecule has 1 fully saturated rings. The van der Waals surface area contributed by atoms with Crippen LogP contribution in [-0.2, 0) is 37.1 Å². The number of rotatable bonds is 13. The highest BCUT2D eigenvalue weighted by Gasteiger charge is 2.20. The van der Waals surface area contributed by atoms with E-state index < -0.39 is 0 Å². The topological polar surface area (TPSA) is 76.3 Å². The maximum absolute atomic E-state index is 14.2. The number of thioether (sulfide) groups is 1. The smallest absolute Gasteiger partial charge is 0.277 e. The van der Waals surface area contributed by atoms with Gasteiger partial charge in [-0.2, -0.15) is 10.1 Å². The summed E-state index contributed by atoms with van der Waals surface area (Å²) in [5.74, 6) is 0.108. The molecule has 6 rings (SSSR count). The highest BCUT2D eigenvalue weighted by atomic mass is 35.5. The number of nitrogens with zero attached hydrogens (tertiary/aromatic N) is 6. The maximum atomic E-state index is 14.2. The quantitative estimate of drug-likeness (QED) is 0.0977. The van der Waals surface area contributed by atoms with Gasteiger partial charge in [0.1, 0.15) is 12.4 Å². The van der Waals surface area contributed by atoms with Crippen LogP contribution in [0.1, 0.15) is 35.1 Å². The van der Waals surface area contributed by atoms with Gasteiger partial charge in [0.2, 0.25) is 5.91 Å². The van der Waals surface area contributed by atoms with Crippen LogP contribution in [0.5, 0.6) is 0 Å². The highest BCUT2D eigenvalue weighted by Crippen LogP contribution is 2.24. The van der Waals surface area contributed by atoms with Gasteiger partial charge in [-0.25, -0.2) is 4.39 Å². The van der Waals surface area contributed by atoms with Gasteiger partial charge in [0.15, 0.2) is 5.16 Å². The maximum Gasteiger partial charge on any atom is 0.277 e. The summed E-state index contributed by atoms with van der Waals surface area (Å²) in [6, 6.07) is 22.3. The first-order valence-corrected chi connectivity index (χ1v) is 17.5. The molecule has 1 saturated heterocycles. The van der Waals surface area contributed by atoms with E-state index in [2.05, 4.69) is 39.2 Å². The standard InChI is InChI=1S/C37H38ClFN6O2S.ClH/c1-42-22-29(21-40-42)20-32-24-45(37(41-36(32)47)48-26-28-6-14-34(39)15-7-28)25-35(46)44(19-18-43-16-2-3-17-43)23-27-4-8-30(9-5-27)31-10-12-33(38)13-11-31;/h4-15,21-22,24H,2-3,16-20,23,25-26H2,1H3;1H. The molecule has 3 heterocycles. The molecule has 0 saturated carbocycles. The third kappa shape index (κ3) is 10.0. The third-order valence-electron chi connectivity index (χ3n) is 8.51. The van der Waals surface area contributed by atoms with E-state index in [1.54, 1.807) is 33.8 Å². The van der Waals surface area contributed by atoms with Crippen molar-refractivity contribution in [3.05, 3.63) is 135 Å². The zero-order valence-corrected chi connectivity index (χ0v) is 29.7. The molecule has 0 N–H and O–H groups in total. The fourth-order valence-electron chi connectivity index (χ4n) is 5.85. The summed E-state index contributed by atoms with van der Waals surface area (Å²) in [5, 5.41) is 5.37. The second kappa shape index (κ2) is 17.1. The van der Waals surface area contributed by atoms with Gasteiger partial charge in [-0.05, 0) is 78.0 Å². The Balaban J connectivity index is 0.00000468. The van der Waals surface area contributed by atoms with Gasteiger partial charge in [0, 0.05) is 61.8 Å². The van der Waals surface area contributed by atoms with Gasteiger partial charge in [0.25, 0.3) is 5.56 Å². The van der Waals surface area contributed by atoms with E-state index in [1.165, 1.54) is 36.7 Å². The fraction of sp³-hybridized carbons (Fsp3) is 0.297. The lowest BCUT2D eigenvalue weighted by Crippen LogP contribution is -2.39. The largest absolute Gasteiger partial charge is 0.336 e. The number of halogens is 3. The van der Waals surface area contributed by atoms with E-state index in [0.29, 0.717) is 41.0 Å². The molecule has 1 aliphatic heterocycles. The molecule has 1 amide bonds. The van der Waals surface area contributed by atoms with Gasteiger partial charge in [-0.15, -0.1) is 12.4 Å². The lowest BCUT2D eigenvalue weighted by molar-refractivity contribution is -0.132. The van der Waals surface area contributed by atoms with Crippen molar-refractivity contribution in [2.24, 2.45) is 7.05 Å². The monoisotopic (exact) mass is 720 g/mol. The van der Waals surface area contributed by atoms with E-state index in [9.17, 15) is 14.0 Å². The van der Waals surface area contributed by atoms with Crippen molar-refractivity contribution in [2.75, 3.05) is 26.2 Å². The summed E-state index contributed by atoms with van der Waals surface area (Å²) in [5.41, 5.74) is 5.11. The van der Waals surface area contributed by atoms with Gasteiger partial charge < -0.3 is 14.4 Å². The van der Waals surface area contributed by atoms with Gasteiger partial charge in [0.05, 0.1) is 6.20 Å². The van der Waals surface area contributed by atoms with Crippen LogP contribution < -0.4 is 5.56 Å². The molecule has 256 valence electrons. The third-order valence-corrected chi connectivity index (χ3v) is 9.83. The van der Waals surface area contributed by atoms with Crippen LogP contribution in [0, 0.1) is 5.82 Å². The first-order chi connectivity index (χ1) is 23.3. The molecule has 1 aliphatic rings. The molecular weight excluding hydrogens is 682 g/mol. The lowest BCUT2D eigenvalue weighted by Gasteiger charge is -2.27. The van der Waals surface area contributed by atoms with E-state index in [0.717, 1.165) is 47.5 Å². The first kappa shape index (κ1) is 36.3. The van der Waals surface area contributed by atoms with Crippen molar-refractivity contribution in [1.29, 1.82) is 0 Å². The van der Waals surface area contributed by atoms with Crippen molar-refractivity contribution < 1.29 is 9.18 Å². The normalized spacial score (nSPS) is 13.0. The summed E-state index contributed by atoms with van der Waals surface area (Å²) in [4.78, 5) is 36.1. The Hall–Kier alpha value is -3.96. The SMILES string of the molecule is Cl.Cn1cc(Cc2cn(CC(=O)N(CCN3CCCC3)Cc3ccc(-c4ccc(Cl)cc4)cc3)c(SCc3ccc(F)cc3)nc2=O)cn1. The number of amides is 1. The van der Waals surface area contributed by atoms with Crippen molar-refractivity contribution in [3.8, 4) is 11.1 Å². The molecule has 0 bridgehead atoms. The number of hydrogen-bond acceptors (Lipinski definition) is 6.